The van der Waals surface area contributed by atoms with E-state index in [0.29, 0.717) is 0 Å². The van der Waals surface area contributed by atoms with Crippen molar-refractivity contribution < 1.29 is 4.79 Å². The van der Waals surface area contributed by atoms with Crippen molar-refractivity contribution in [3.05, 3.63) is 36.9 Å². The van der Waals surface area contributed by atoms with E-state index in [4.69, 9.17) is 0 Å². The van der Waals surface area contributed by atoms with Crippen LogP contribution in [0.25, 0.3) is 0 Å². The molecule has 2 N–H and O–H groups in total. The molecular formula is C15H22N2OS. The molecule has 0 saturated carbocycles. The number of nitrogens with one attached hydrogen (secondary N) is 2. The third kappa shape index (κ3) is 4.73. The summed E-state index contributed by atoms with van der Waals surface area (Å²) in [5.41, 5.74) is 0.274. The van der Waals surface area contributed by atoms with E-state index in [1.165, 1.54) is 0 Å². The smallest absolute Gasteiger partial charge is 0.244 e. The maximum atomic E-state index is 12.2. The number of benzene rings is 1. The fourth-order valence-corrected chi connectivity index (χ4v) is 2.39. The van der Waals surface area contributed by atoms with Gasteiger partial charge in [0, 0.05) is 10.6 Å². The van der Waals surface area contributed by atoms with Crippen LogP contribution in [0, 0.1) is 0 Å². The predicted octanol–water partition coefficient (Wildman–Crippen LogP) is 3.29. The Labute approximate surface area is 119 Å². The molecule has 104 valence electrons. The highest BCUT2D eigenvalue weighted by molar-refractivity contribution is 7.99. The first-order valence-electron chi connectivity index (χ1n) is 6.40. The normalized spacial score (nSPS) is 11.1. The number of thioether (sulfide) groups is 1. The number of likely N-dealkylation sites (N-methyl/N-ethyl adjacent to an activating group) is 1. The van der Waals surface area contributed by atoms with Crippen molar-refractivity contribution in [3.8, 4) is 0 Å². The van der Waals surface area contributed by atoms with E-state index in [1.807, 2.05) is 51.1 Å². The van der Waals surface area contributed by atoms with E-state index in [-0.39, 0.29) is 5.91 Å². The van der Waals surface area contributed by atoms with Crippen molar-refractivity contribution in [2.45, 2.75) is 31.2 Å². The summed E-state index contributed by atoms with van der Waals surface area (Å²) in [4.78, 5) is 13.3. The molecule has 0 spiro atoms. The van der Waals surface area contributed by atoms with Crippen LogP contribution >= 0.6 is 11.8 Å². The molecule has 0 heterocycles. The molecule has 0 aliphatic carbocycles. The molecule has 19 heavy (non-hydrogen) atoms. The molecule has 0 aliphatic rings. The van der Waals surface area contributed by atoms with Crippen LogP contribution in [0.2, 0.25) is 0 Å². The minimum atomic E-state index is -0.578. The first kappa shape index (κ1) is 15.8. The molecule has 4 heteroatoms. The molecule has 1 aromatic rings. The van der Waals surface area contributed by atoms with Crippen LogP contribution in [0.1, 0.15) is 20.8 Å². The Kier molecular flexibility index (Phi) is 6.12. The summed E-state index contributed by atoms with van der Waals surface area (Å²) < 4.78 is 0. The number of hydrogen-bond donors (Lipinski definition) is 2. The summed E-state index contributed by atoms with van der Waals surface area (Å²) in [6.45, 7) is 10.2. The molecule has 3 nitrogen and oxygen atoms in total. The lowest BCUT2D eigenvalue weighted by Crippen LogP contribution is -2.49. The average molecular weight is 278 g/mol. The van der Waals surface area contributed by atoms with Gasteiger partial charge in [0.2, 0.25) is 5.91 Å². The molecular weight excluding hydrogens is 256 g/mol. The maximum Gasteiger partial charge on any atom is 0.244 e. The molecule has 0 aliphatic heterocycles. The fourth-order valence-electron chi connectivity index (χ4n) is 1.65. The van der Waals surface area contributed by atoms with Gasteiger partial charge in [-0.2, -0.15) is 0 Å². The van der Waals surface area contributed by atoms with Crippen LogP contribution < -0.4 is 10.6 Å². The number of anilines is 1. The van der Waals surface area contributed by atoms with Crippen LogP contribution in [0.4, 0.5) is 5.69 Å². The summed E-state index contributed by atoms with van der Waals surface area (Å²) in [6.07, 6.45) is 1.85. The van der Waals surface area contributed by atoms with Crippen molar-refractivity contribution in [3.63, 3.8) is 0 Å². The SMILES string of the molecule is C=CCSc1ccccc1NC(=O)C(C)(C)NCC. The van der Waals surface area contributed by atoms with E-state index in [9.17, 15) is 4.79 Å². The lowest BCUT2D eigenvalue weighted by Gasteiger charge is -2.25. The molecule has 0 radical (unpaired) electrons. The van der Waals surface area contributed by atoms with Gasteiger partial charge in [0.15, 0.2) is 0 Å². The van der Waals surface area contributed by atoms with E-state index in [2.05, 4.69) is 17.2 Å². The van der Waals surface area contributed by atoms with Crippen molar-refractivity contribution in [1.82, 2.24) is 5.32 Å². The largest absolute Gasteiger partial charge is 0.323 e. The van der Waals surface area contributed by atoms with Gasteiger partial charge in [0.1, 0.15) is 0 Å². The molecule has 0 fully saturated rings. The Morgan fingerprint density at radius 3 is 2.74 bits per heavy atom. The number of amides is 1. The van der Waals surface area contributed by atoms with Gasteiger partial charge in [0.25, 0.3) is 0 Å². The number of para-hydroxylation sites is 1. The molecule has 0 aromatic heterocycles. The highest BCUT2D eigenvalue weighted by atomic mass is 32.2. The fraction of sp³-hybridized carbons (Fsp3) is 0.400. The number of carbonyl (C=O) groups is 1. The van der Waals surface area contributed by atoms with Gasteiger partial charge in [0.05, 0.1) is 11.2 Å². The molecule has 1 amide bonds. The Morgan fingerprint density at radius 2 is 2.11 bits per heavy atom. The van der Waals surface area contributed by atoms with Crippen molar-refractivity contribution in [2.24, 2.45) is 0 Å². The third-order valence-electron chi connectivity index (χ3n) is 2.68. The van der Waals surface area contributed by atoms with Gasteiger partial charge < -0.3 is 10.6 Å². The third-order valence-corrected chi connectivity index (χ3v) is 3.75. The van der Waals surface area contributed by atoms with Gasteiger partial charge >= 0.3 is 0 Å². The van der Waals surface area contributed by atoms with Gasteiger partial charge in [-0.15, -0.1) is 18.3 Å². The second-order valence-corrected chi connectivity index (χ2v) is 5.77. The molecule has 0 atom stereocenters. The van der Waals surface area contributed by atoms with Crippen LogP contribution in [-0.4, -0.2) is 23.7 Å². The highest BCUT2D eigenvalue weighted by Crippen LogP contribution is 2.27. The van der Waals surface area contributed by atoms with Gasteiger partial charge in [-0.25, -0.2) is 0 Å². The summed E-state index contributed by atoms with van der Waals surface area (Å²) >= 11 is 1.66. The Morgan fingerprint density at radius 1 is 1.42 bits per heavy atom. The molecule has 1 rings (SSSR count). The summed E-state index contributed by atoms with van der Waals surface area (Å²) in [7, 11) is 0. The second-order valence-electron chi connectivity index (χ2n) is 4.71. The second kappa shape index (κ2) is 7.36. The summed E-state index contributed by atoms with van der Waals surface area (Å²) in [5, 5.41) is 6.16. The van der Waals surface area contributed by atoms with Crippen LogP contribution in [0.3, 0.4) is 0 Å². The quantitative estimate of drug-likeness (QED) is 0.594. The van der Waals surface area contributed by atoms with E-state index in [0.717, 1.165) is 22.9 Å². The number of hydrogen-bond acceptors (Lipinski definition) is 3. The standard InChI is InChI=1S/C15H22N2OS/c1-5-11-19-13-10-8-7-9-12(13)17-14(18)15(3,4)16-6-2/h5,7-10,16H,1,6,11H2,2-4H3,(H,17,18). The minimum Gasteiger partial charge on any atom is -0.323 e. The minimum absolute atomic E-state index is 0.0268. The maximum absolute atomic E-state index is 12.2. The van der Waals surface area contributed by atoms with E-state index >= 15 is 0 Å². The van der Waals surface area contributed by atoms with Crippen molar-refractivity contribution in [2.75, 3.05) is 17.6 Å². The van der Waals surface area contributed by atoms with Crippen molar-refractivity contribution in [1.29, 1.82) is 0 Å². The zero-order chi connectivity index (χ0) is 14.3. The van der Waals surface area contributed by atoms with Crippen LogP contribution in [0.15, 0.2) is 41.8 Å². The molecule has 0 unspecified atom stereocenters. The van der Waals surface area contributed by atoms with Crippen LogP contribution in [0.5, 0.6) is 0 Å². The van der Waals surface area contributed by atoms with Gasteiger partial charge in [-0.3, -0.25) is 4.79 Å². The number of carbonyl (C=O) groups excluding carboxylic acids is 1. The Hall–Kier alpha value is -1.26. The Balaban J connectivity index is 2.81. The van der Waals surface area contributed by atoms with Crippen molar-refractivity contribution >= 4 is 23.4 Å². The zero-order valence-corrected chi connectivity index (χ0v) is 12.6. The van der Waals surface area contributed by atoms with E-state index < -0.39 is 5.54 Å². The lowest BCUT2D eigenvalue weighted by molar-refractivity contribution is -0.121. The predicted molar refractivity (Wildman–Crippen MR) is 83.7 cm³/mol. The lowest BCUT2D eigenvalue weighted by atomic mass is 10.0. The molecule has 0 saturated heterocycles. The van der Waals surface area contributed by atoms with E-state index in [1.54, 1.807) is 11.8 Å². The Bertz CT molecular complexity index is 444. The first-order valence-corrected chi connectivity index (χ1v) is 7.39. The molecule has 1 aromatic carbocycles. The molecule has 0 bridgehead atoms. The van der Waals surface area contributed by atoms with Gasteiger partial charge in [-0.05, 0) is 32.5 Å². The zero-order valence-electron chi connectivity index (χ0n) is 11.8. The summed E-state index contributed by atoms with van der Waals surface area (Å²) in [5.74, 6) is 0.796. The first-order chi connectivity index (χ1) is 9.01. The summed E-state index contributed by atoms with van der Waals surface area (Å²) in [6, 6.07) is 7.82. The van der Waals surface area contributed by atoms with Gasteiger partial charge in [-0.1, -0.05) is 25.1 Å². The number of rotatable bonds is 7. The highest BCUT2D eigenvalue weighted by Gasteiger charge is 2.26. The average Bonchev–Trinajstić information content (AvgIpc) is 2.37. The van der Waals surface area contributed by atoms with Crippen LogP contribution in [-0.2, 0) is 4.79 Å². The monoisotopic (exact) mass is 278 g/mol. The topological polar surface area (TPSA) is 41.1 Å².